The molecule has 0 fully saturated rings. The van der Waals surface area contributed by atoms with Gasteiger partial charge in [0.25, 0.3) is 0 Å². The summed E-state index contributed by atoms with van der Waals surface area (Å²) in [7, 11) is -4.34. The van der Waals surface area contributed by atoms with E-state index in [0.717, 1.165) is 0 Å². The lowest BCUT2D eigenvalue weighted by Gasteiger charge is -2.20. The van der Waals surface area contributed by atoms with E-state index in [1.54, 1.807) is 55.4 Å². The molecule has 0 saturated heterocycles. The summed E-state index contributed by atoms with van der Waals surface area (Å²) in [6, 6.07) is 0. The van der Waals surface area contributed by atoms with Gasteiger partial charge in [-0.1, -0.05) is 0 Å². The van der Waals surface area contributed by atoms with Gasteiger partial charge in [-0.2, -0.15) is 8.42 Å². The van der Waals surface area contributed by atoms with Gasteiger partial charge in [-0.25, -0.2) is 0 Å². The number of hydrogen-bond acceptors (Lipinski definition) is 8. The van der Waals surface area contributed by atoms with E-state index >= 15 is 0 Å². The molecule has 0 rings (SSSR count). The Morgan fingerprint density at radius 2 is 0.783 bits per heavy atom. The van der Waals surface area contributed by atoms with Gasteiger partial charge in [-0.3, -0.25) is 0 Å². The fourth-order valence-electron chi connectivity index (χ4n) is 1.26. The van der Waals surface area contributed by atoms with Crippen molar-refractivity contribution in [2.75, 3.05) is 0 Å². The normalized spacial score (nSPS) is 12.7. The third kappa shape index (κ3) is 13.7. The maximum atomic E-state index is 12.1. The third-order valence-corrected chi connectivity index (χ3v) is 8.13. The van der Waals surface area contributed by atoms with Gasteiger partial charge in [0.05, 0.1) is 0 Å². The maximum absolute atomic E-state index is 12.1. The summed E-state index contributed by atoms with van der Waals surface area (Å²) in [5.74, 6) is 0. The quantitative estimate of drug-likeness (QED) is 0.470. The summed E-state index contributed by atoms with van der Waals surface area (Å²) in [5.41, 5.74) is 0. The van der Waals surface area contributed by atoms with E-state index in [9.17, 15) is 8.42 Å². The topological polar surface area (TPSA) is 89.5 Å². The van der Waals surface area contributed by atoms with Crippen molar-refractivity contribution in [1.29, 1.82) is 0 Å². The zero-order valence-electron chi connectivity index (χ0n) is 15.1. The van der Waals surface area contributed by atoms with Gasteiger partial charge in [0.1, 0.15) is 0 Å². The van der Waals surface area contributed by atoms with Crippen molar-refractivity contribution in [2.45, 2.75) is 79.8 Å². The third-order valence-electron chi connectivity index (χ3n) is 1.93. The fourth-order valence-corrected chi connectivity index (χ4v) is 6.02. The lowest BCUT2D eigenvalue weighted by Crippen LogP contribution is -2.40. The SMILES string of the molecule is CC(C)[O][Al]([O]C(C)C)[O]S(=O)(=O)[O][Al]([O]C(C)C)[O]C(C)C. The molecule has 0 atom stereocenters. The van der Waals surface area contributed by atoms with E-state index < -0.39 is 40.7 Å². The van der Waals surface area contributed by atoms with Gasteiger partial charge >= 0.3 is 40.7 Å². The van der Waals surface area contributed by atoms with Crippen molar-refractivity contribution < 1.29 is 30.0 Å². The smallest absolute Gasteiger partial charge is 0.452 e. The molecule has 0 aromatic rings. The highest BCUT2D eigenvalue weighted by Gasteiger charge is 2.45. The molecule has 0 radical (unpaired) electrons. The highest BCUT2D eigenvalue weighted by molar-refractivity contribution is 7.83. The predicted molar refractivity (Wildman–Crippen MR) is 87.5 cm³/mol. The van der Waals surface area contributed by atoms with Gasteiger partial charge in [0.15, 0.2) is 0 Å². The lowest BCUT2D eigenvalue weighted by atomic mass is 10.5. The van der Waals surface area contributed by atoms with Crippen LogP contribution >= 0.6 is 0 Å². The van der Waals surface area contributed by atoms with Crippen LogP contribution in [0.25, 0.3) is 0 Å². The minimum atomic E-state index is -4.34. The van der Waals surface area contributed by atoms with Crippen molar-refractivity contribution in [2.24, 2.45) is 0 Å². The minimum absolute atomic E-state index is 0.229. The molecule has 136 valence electrons. The van der Waals surface area contributed by atoms with E-state index in [-0.39, 0.29) is 24.4 Å². The molecule has 0 aliphatic carbocycles. The molecule has 0 aliphatic rings. The Balaban J connectivity index is 4.88. The van der Waals surface area contributed by atoms with E-state index in [1.807, 2.05) is 0 Å². The molecule has 0 amide bonds. The van der Waals surface area contributed by atoms with Gasteiger partial charge in [-0.05, 0) is 55.4 Å². The van der Waals surface area contributed by atoms with Gasteiger partial charge in [0, 0.05) is 24.4 Å². The summed E-state index contributed by atoms with van der Waals surface area (Å²) in [6.07, 6.45) is -0.917. The average Bonchev–Trinajstić information content (AvgIpc) is 2.22. The molecule has 0 aromatic heterocycles. The van der Waals surface area contributed by atoms with Crippen molar-refractivity contribution in [3.63, 3.8) is 0 Å². The Bertz CT molecular complexity index is 361. The summed E-state index contributed by atoms with van der Waals surface area (Å²) in [4.78, 5) is 0. The Morgan fingerprint density at radius 1 is 0.565 bits per heavy atom. The summed E-state index contributed by atoms with van der Waals surface area (Å²) in [6.45, 7) is 14.1. The van der Waals surface area contributed by atoms with Crippen LogP contribution in [0.4, 0.5) is 0 Å². The van der Waals surface area contributed by atoms with Crippen LogP contribution < -0.4 is 0 Å². The van der Waals surface area contributed by atoms with E-state index in [0.29, 0.717) is 0 Å². The molecule has 8 nitrogen and oxygen atoms in total. The Kier molecular flexibility index (Phi) is 11.8. The van der Waals surface area contributed by atoms with Gasteiger partial charge < -0.3 is 21.6 Å². The minimum Gasteiger partial charge on any atom is -0.452 e. The molecular formula is C12H28Al2O8S. The average molecular weight is 386 g/mol. The summed E-state index contributed by atoms with van der Waals surface area (Å²) >= 11 is -5.81. The van der Waals surface area contributed by atoms with Gasteiger partial charge in [0.2, 0.25) is 0 Å². The first kappa shape index (κ1) is 23.8. The molecule has 0 saturated carbocycles. The largest absolute Gasteiger partial charge is 0.922 e. The van der Waals surface area contributed by atoms with Crippen LogP contribution in [0.1, 0.15) is 55.4 Å². The fraction of sp³-hybridized carbons (Fsp3) is 1.00. The standard InChI is InChI=1S/4C3H7O.2Al.H2O4S/c4*1-3(2)4;;;1-5(2,3)4/h4*3H,1-2H3;;;(H2,1,2,3,4)/q4*-1;2*+3;/p-2. The molecule has 0 unspecified atom stereocenters. The molecule has 0 bridgehead atoms. The van der Waals surface area contributed by atoms with Crippen LogP contribution in [0.2, 0.25) is 0 Å². The lowest BCUT2D eigenvalue weighted by molar-refractivity contribution is 0.0707. The highest BCUT2D eigenvalue weighted by Crippen LogP contribution is 2.11. The Morgan fingerprint density at radius 3 is 0.957 bits per heavy atom. The number of rotatable bonds is 12. The van der Waals surface area contributed by atoms with Crippen LogP contribution in [-0.4, -0.2) is 63.1 Å². The highest BCUT2D eigenvalue weighted by atomic mass is 32.3. The van der Waals surface area contributed by atoms with Crippen molar-refractivity contribution >= 4 is 40.7 Å². The molecule has 0 heterocycles. The zero-order chi connectivity index (χ0) is 18.2. The second-order valence-electron chi connectivity index (χ2n) is 5.92. The van der Waals surface area contributed by atoms with Gasteiger partial charge in [-0.15, -0.1) is 0 Å². The first-order chi connectivity index (χ1) is 10.4. The maximum Gasteiger partial charge on any atom is 0.922 e. The Hall–Kier alpha value is 0.775. The predicted octanol–water partition coefficient (Wildman–Crippen LogP) is 1.93. The molecule has 0 aliphatic heterocycles. The monoisotopic (exact) mass is 386 g/mol. The molecule has 0 aromatic carbocycles. The van der Waals surface area contributed by atoms with Crippen molar-refractivity contribution in [3.05, 3.63) is 0 Å². The van der Waals surface area contributed by atoms with E-state index in [2.05, 4.69) is 0 Å². The Labute approximate surface area is 150 Å². The van der Waals surface area contributed by atoms with E-state index in [4.69, 9.17) is 21.6 Å². The van der Waals surface area contributed by atoms with Crippen LogP contribution in [0, 0.1) is 0 Å². The van der Waals surface area contributed by atoms with Crippen LogP contribution in [0.3, 0.4) is 0 Å². The van der Waals surface area contributed by atoms with Crippen LogP contribution in [-0.2, 0) is 32.0 Å². The molecule has 11 heteroatoms. The first-order valence-electron chi connectivity index (χ1n) is 7.64. The molecule has 0 spiro atoms. The molecule has 0 N–H and O–H groups in total. The second kappa shape index (κ2) is 11.4. The molecular weight excluding hydrogens is 358 g/mol. The summed E-state index contributed by atoms with van der Waals surface area (Å²) in [5, 5.41) is 0. The second-order valence-corrected chi connectivity index (χ2v) is 10.5. The van der Waals surface area contributed by atoms with Crippen molar-refractivity contribution in [3.8, 4) is 0 Å². The van der Waals surface area contributed by atoms with Crippen LogP contribution in [0.5, 0.6) is 0 Å². The summed E-state index contributed by atoms with van der Waals surface area (Å²) < 4.78 is 55.7. The first-order valence-corrected chi connectivity index (χ1v) is 11.8. The van der Waals surface area contributed by atoms with Crippen LogP contribution in [0.15, 0.2) is 0 Å². The number of hydrogen-bond donors (Lipinski definition) is 0. The van der Waals surface area contributed by atoms with E-state index in [1.165, 1.54) is 0 Å². The molecule has 23 heavy (non-hydrogen) atoms. The zero-order valence-corrected chi connectivity index (χ0v) is 18.3. The van der Waals surface area contributed by atoms with Crippen molar-refractivity contribution in [1.82, 2.24) is 0 Å².